The minimum Gasteiger partial charge on any atom is -0.493 e. The summed E-state index contributed by atoms with van der Waals surface area (Å²) in [5, 5.41) is 3.56. The normalized spacial score (nSPS) is 16.4. The highest BCUT2D eigenvalue weighted by molar-refractivity contribution is 5.42. The maximum atomic E-state index is 5.31. The van der Waals surface area contributed by atoms with Gasteiger partial charge in [-0.15, -0.1) is 0 Å². The van der Waals surface area contributed by atoms with Gasteiger partial charge in [0.1, 0.15) is 0 Å². The van der Waals surface area contributed by atoms with Crippen molar-refractivity contribution in [1.82, 2.24) is 5.32 Å². The Labute approximate surface area is 109 Å². The number of hydrogen-bond donors (Lipinski definition) is 1. The zero-order valence-corrected chi connectivity index (χ0v) is 11.5. The zero-order chi connectivity index (χ0) is 13.0. The predicted molar refractivity (Wildman–Crippen MR) is 73.2 cm³/mol. The summed E-state index contributed by atoms with van der Waals surface area (Å²) < 4.78 is 10.5. The summed E-state index contributed by atoms with van der Waals surface area (Å²) in [5.41, 5.74) is 1.23. The quantitative estimate of drug-likeness (QED) is 0.806. The molecule has 0 saturated heterocycles. The van der Waals surface area contributed by atoms with Crippen molar-refractivity contribution >= 4 is 0 Å². The summed E-state index contributed by atoms with van der Waals surface area (Å²) in [6.07, 6.45) is 4.14. The second-order valence-electron chi connectivity index (χ2n) is 5.15. The van der Waals surface area contributed by atoms with E-state index in [0.717, 1.165) is 24.0 Å². The van der Waals surface area contributed by atoms with Gasteiger partial charge in [-0.3, -0.25) is 0 Å². The molecule has 1 atom stereocenters. The number of methoxy groups -OCH3 is 2. The molecule has 1 N–H and O–H groups in total. The molecule has 0 bridgehead atoms. The van der Waals surface area contributed by atoms with Gasteiger partial charge in [0.05, 0.1) is 14.2 Å². The third-order valence-corrected chi connectivity index (χ3v) is 3.49. The maximum absolute atomic E-state index is 5.31. The molecule has 1 aromatic rings. The highest BCUT2D eigenvalue weighted by Gasteiger charge is 2.23. The fourth-order valence-electron chi connectivity index (χ4n) is 2.22. The van der Waals surface area contributed by atoms with Crippen LogP contribution in [-0.4, -0.2) is 20.3 Å². The van der Waals surface area contributed by atoms with Crippen molar-refractivity contribution in [3.63, 3.8) is 0 Å². The Hall–Kier alpha value is -1.22. The molecule has 1 saturated carbocycles. The van der Waals surface area contributed by atoms with Gasteiger partial charge in [-0.1, -0.05) is 18.9 Å². The molecule has 0 amide bonds. The average Bonchev–Trinajstić information content (AvgIpc) is 3.19. The first-order valence-corrected chi connectivity index (χ1v) is 6.67. The first kappa shape index (κ1) is 13.2. The van der Waals surface area contributed by atoms with E-state index in [0.29, 0.717) is 6.04 Å². The van der Waals surface area contributed by atoms with Gasteiger partial charge in [-0.25, -0.2) is 0 Å². The molecule has 1 aliphatic carbocycles. The fraction of sp³-hybridized carbons (Fsp3) is 0.600. The molecular weight excluding hydrogens is 226 g/mol. The van der Waals surface area contributed by atoms with E-state index >= 15 is 0 Å². The van der Waals surface area contributed by atoms with Gasteiger partial charge in [-0.05, 0) is 37.0 Å². The number of ether oxygens (including phenoxy) is 2. The summed E-state index contributed by atoms with van der Waals surface area (Å²) in [6, 6.07) is 6.67. The topological polar surface area (TPSA) is 30.5 Å². The largest absolute Gasteiger partial charge is 0.493 e. The molecule has 3 nitrogen and oxygen atoms in total. The van der Waals surface area contributed by atoms with E-state index in [2.05, 4.69) is 18.3 Å². The first-order valence-electron chi connectivity index (χ1n) is 6.67. The van der Waals surface area contributed by atoms with Gasteiger partial charge in [0, 0.05) is 12.6 Å². The van der Waals surface area contributed by atoms with Gasteiger partial charge in [-0.2, -0.15) is 0 Å². The number of nitrogens with one attached hydrogen (secondary N) is 1. The van der Waals surface area contributed by atoms with Crippen LogP contribution in [0.1, 0.15) is 31.7 Å². The van der Waals surface area contributed by atoms with Crippen LogP contribution in [0.4, 0.5) is 0 Å². The molecule has 1 fully saturated rings. The molecule has 0 aromatic heterocycles. The summed E-state index contributed by atoms with van der Waals surface area (Å²) in [6.45, 7) is 3.15. The van der Waals surface area contributed by atoms with Crippen molar-refractivity contribution in [2.75, 3.05) is 14.2 Å². The van der Waals surface area contributed by atoms with Crippen LogP contribution in [0.3, 0.4) is 0 Å². The van der Waals surface area contributed by atoms with Gasteiger partial charge >= 0.3 is 0 Å². The van der Waals surface area contributed by atoms with Crippen LogP contribution in [0.5, 0.6) is 11.5 Å². The van der Waals surface area contributed by atoms with E-state index < -0.39 is 0 Å². The third kappa shape index (κ3) is 3.64. The van der Waals surface area contributed by atoms with Crippen molar-refractivity contribution < 1.29 is 9.47 Å². The standard InChI is InChI=1S/C15H23NO2/c1-11(8-12-4-5-12)16-10-13-6-7-14(17-2)15(9-13)18-3/h6-7,9,11-12,16H,4-5,8,10H2,1-3H3. The Morgan fingerprint density at radius 3 is 2.56 bits per heavy atom. The van der Waals surface area contributed by atoms with Gasteiger partial charge in [0.25, 0.3) is 0 Å². The lowest BCUT2D eigenvalue weighted by Crippen LogP contribution is -2.25. The second-order valence-corrected chi connectivity index (χ2v) is 5.15. The lowest BCUT2D eigenvalue weighted by molar-refractivity contribution is 0.354. The molecule has 1 aromatic carbocycles. The second kappa shape index (κ2) is 6.10. The van der Waals surface area contributed by atoms with Gasteiger partial charge in [0.2, 0.25) is 0 Å². The van der Waals surface area contributed by atoms with E-state index in [1.54, 1.807) is 14.2 Å². The third-order valence-electron chi connectivity index (χ3n) is 3.49. The Morgan fingerprint density at radius 2 is 1.94 bits per heavy atom. The van der Waals surface area contributed by atoms with Crippen molar-refractivity contribution in [2.24, 2.45) is 5.92 Å². The smallest absolute Gasteiger partial charge is 0.161 e. The van der Waals surface area contributed by atoms with E-state index in [9.17, 15) is 0 Å². The molecule has 0 heterocycles. The minimum absolute atomic E-state index is 0.589. The zero-order valence-electron chi connectivity index (χ0n) is 11.5. The molecule has 2 rings (SSSR count). The van der Waals surface area contributed by atoms with Gasteiger partial charge in [0.15, 0.2) is 11.5 Å². The van der Waals surface area contributed by atoms with E-state index in [-0.39, 0.29) is 0 Å². The molecule has 100 valence electrons. The average molecular weight is 249 g/mol. The Morgan fingerprint density at radius 1 is 1.22 bits per heavy atom. The Balaban J connectivity index is 1.87. The number of rotatable bonds is 7. The van der Waals surface area contributed by atoms with Crippen LogP contribution in [0, 0.1) is 5.92 Å². The highest BCUT2D eigenvalue weighted by atomic mass is 16.5. The van der Waals surface area contributed by atoms with Crippen molar-refractivity contribution in [3.05, 3.63) is 23.8 Å². The monoisotopic (exact) mass is 249 g/mol. The molecular formula is C15H23NO2. The Bertz CT molecular complexity index is 388. The van der Waals surface area contributed by atoms with Crippen LogP contribution in [-0.2, 0) is 6.54 Å². The number of benzene rings is 1. The van der Waals surface area contributed by atoms with E-state index in [4.69, 9.17) is 9.47 Å². The summed E-state index contributed by atoms with van der Waals surface area (Å²) in [4.78, 5) is 0. The van der Waals surface area contributed by atoms with Crippen molar-refractivity contribution in [2.45, 2.75) is 38.8 Å². The molecule has 0 spiro atoms. The van der Waals surface area contributed by atoms with Crippen LogP contribution >= 0.6 is 0 Å². The summed E-state index contributed by atoms with van der Waals surface area (Å²) >= 11 is 0. The maximum Gasteiger partial charge on any atom is 0.161 e. The highest BCUT2D eigenvalue weighted by Crippen LogP contribution is 2.33. The molecule has 3 heteroatoms. The minimum atomic E-state index is 0.589. The molecule has 1 aliphatic rings. The molecule has 0 radical (unpaired) electrons. The lowest BCUT2D eigenvalue weighted by atomic mass is 10.1. The fourth-order valence-corrected chi connectivity index (χ4v) is 2.22. The first-order chi connectivity index (χ1) is 8.72. The van der Waals surface area contributed by atoms with Crippen LogP contribution in [0.25, 0.3) is 0 Å². The molecule has 1 unspecified atom stereocenters. The van der Waals surface area contributed by atoms with Crippen LogP contribution in [0.15, 0.2) is 18.2 Å². The van der Waals surface area contributed by atoms with Crippen LogP contribution < -0.4 is 14.8 Å². The summed E-state index contributed by atoms with van der Waals surface area (Å²) in [5.74, 6) is 2.55. The van der Waals surface area contributed by atoms with Crippen molar-refractivity contribution in [1.29, 1.82) is 0 Å². The van der Waals surface area contributed by atoms with Crippen molar-refractivity contribution in [3.8, 4) is 11.5 Å². The Kier molecular flexibility index (Phi) is 4.48. The molecule has 18 heavy (non-hydrogen) atoms. The SMILES string of the molecule is COc1ccc(CNC(C)CC2CC2)cc1OC. The summed E-state index contributed by atoms with van der Waals surface area (Å²) in [7, 11) is 3.33. The van der Waals surface area contributed by atoms with Crippen LogP contribution in [0.2, 0.25) is 0 Å². The number of hydrogen-bond acceptors (Lipinski definition) is 3. The lowest BCUT2D eigenvalue weighted by Gasteiger charge is -2.14. The molecule has 0 aliphatic heterocycles. The van der Waals surface area contributed by atoms with Gasteiger partial charge < -0.3 is 14.8 Å². The predicted octanol–water partition coefficient (Wildman–Crippen LogP) is 2.98. The van der Waals surface area contributed by atoms with E-state index in [1.807, 2.05) is 12.1 Å². The van der Waals surface area contributed by atoms with E-state index in [1.165, 1.54) is 24.8 Å².